The molecule has 0 spiro atoms. The molecule has 1 aromatic heterocycles. The number of nitrogens with one attached hydrogen (secondary N) is 1. The number of carbonyl (C=O) groups is 3. The van der Waals surface area contributed by atoms with E-state index in [4.69, 9.17) is 0 Å². The first-order chi connectivity index (χ1) is 15.6. The van der Waals surface area contributed by atoms with Gasteiger partial charge in [-0.3, -0.25) is 19.3 Å². The maximum atomic E-state index is 12.8. The van der Waals surface area contributed by atoms with Crippen LogP contribution >= 0.6 is 0 Å². The van der Waals surface area contributed by atoms with E-state index >= 15 is 0 Å². The fourth-order valence-electron chi connectivity index (χ4n) is 3.69. The van der Waals surface area contributed by atoms with Gasteiger partial charge in [0.1, 0.15) is 12.4 Å². The third-order valence-electron chi connectivity index (χ3n) is 5.23. The van der Waals surface area contributed by atoms with Gasteiger partial charge in [-0.25, -0.2) is 4.68 Å². The fraction of sp³-hybridized carbons (Fsp3) is 0.0400. The number of imide groups is 1. The van der Waals surface area contributed by atoms with Crippen molar-refractivity contribution < 1.29 is 14.4 Å². The second kappa shape index (κ2) is 7.96. The van der Waals surface area contributed by atoms with Crippen LogP contribution in [0.1, 0.15) is 20.7 Å². The van der Waals surface area contributed by atoms with E-state index in [1.165, 1.54) is 0 Å². The summed E-state index contributed by atoms with van der Waals surface area (Å²) in [7, 11) is 0. The van der Waals surface area contributed by atoms with E-state index in [9.17, 15) is 14.4 Å². The molecule has 0 aliphatic carbocycles. The van der Waals surface area contributed by atoms with Crippen molar-refractivity contribution in [3.8, 4) is 16.9 Å². The van der Waals surface area contributed by atoms with E-state index < -0.39 is 17.7 Å². The van der Waals surface area contributed by atoms with E-state index in [1.807, 2.05) is 60.7 Å². The lowest BCUT2D eigenvalue weighted by atomic mass is 10.1. The summed E-state index contributed by atoms with van der Waals surface area (Å²) in [6.07, 6.45) is 0. The van der Waals surface area contributed by atoms with Crippen molar-refractivity contribution in [2.75, 3.05) is 11.9 Å². The number of fused-ring (bicyclic) bond motifs is 1. The van der Waals surface area contributed by atoms with Gasteiger partial charge in [-0.1, -0.05) is 60.7 Å². The zero-order valence-electron chi connectivity index (χ0n) is 16.9. The van der Waals surface area contributed by atoms with Crippen LogP contribution < -0.4 is 5.32 Å². The molecule has 156 valence electrons. The first kappa shape index (κ1) is 19.4. The van der Waals surface area contributed by atoms with Crippen LogP contribution in [0.2, 0.25) is 0 Å². The predicted molar refractivity (Wildman–Crippen MR) is 119 cm³/mol. The number of rotatable bonds is 5. The summed E-state index contributed by atoms with van der Waals surface area (Å²) < 4.78 is 1.63. The van der Waals surface area contributed by atoms with Crippen molar-refractivity contribution in [1.82, 2.24) is 14.7 Å². The predicted octanol–water partition coefficient (Wildman–Crippen LogP) is 3.77. The lowest BCUT2D eigenvalue weighted by Gasteiger charge is -2.14. The van der Waals surface area contributed by atoms with E-state index in [0.29, 0.717) is 22.6 Å². The highest BCUT2D eigenvalue weighted by Crippen LogP contribution is 2.26. The largest absolute Gasteiger partial charge is 0.309 e. The summed E-state index contributed by atoms with van der Waals surface area (Å²) in [5, 5.41) is 7.46. The van der Waals surface area contributed by atoms with Gasteiger partial charge in [0.2, 0.25) is 5.91 Å². The molecule has 5 rings (SSSR count). The number of aromatic nitrogens is 2. The van der Waals surface area contributed by atoms with Crippen molar-refractivity contribution in [2.45, 2.75) is 0 Å². The molecule has 0 saturated heterocycles. The van der Waals surface area contributed by atoms with Crippen molar-refractivity contribution >= 4 is 23.5 Å². The molecule has 0 radical (unpaired) electrons. The summed E-state index contributed by atoms with van der Waals surface area (Å²) in [6.45, 7) is -0.382. The molecule has 1 N–H and O–H groups in total. The summed E-state index contributed by atoms with van der Waals surface area (Å²) in [6, 6.07) is 27.3. The van der Waals surface area contributed by atoms with Crippen LogP contribution in [-0.2, 0) is 4.79 Å². The normalized spacial score (nSPS) is 12.7. The van der Waals surface area contributed by atoms with E-state index in [-0.39, 0.29) is 6.54 Å². The topological polar surface area (TPSA) is 84.3 Å². The average molecular weight is 422 g/mol. The van der Waals surface area contributed by atoms with Crippen LogP contribution in [-0.4, -0.2) is 38.9 Å². The number of hydrogen-bond donors (Lipinski definition) is 1. The molecule has 4 aromatic rings. The van der Waals surface area contributed by atoms with Crippen LogP contribution in [0.5, 0.6) is 0 Å². The van der Waals surface area contributed by atoms with Gasteiger partial charge < -0.3 is 5.32 Å². The van der Waals surface area contributed by atoms with E-state index in [2.05, 4.69) is 10.4 Å². The maximum Gasteiger partial charge on any atom is 0.262 e. The molecule has 32 heavy (non-hydrogen) atoms. The number of para-hydroxylation sites is 1. The second-order valence-electron chi connectivity index (χ2n) is 7.32. The highest BCUT2D eigenvalue weighted by atomic mass is 16.2. The molecule has 0 unspecified atom stereocenters. The molecular weight excluding hydrogens is 404 g/mol. The zero-order valence-corrected chi connectivity index (χ0v) is 16.9. The Labute approximate surface area is 183 Å². The Morgan fingerprint density at radius 3 is 1.97 bits per heavy atom. The molecule has 0 atom stereocenters. The van der Waals surface area contributed by atoms with E-state index in [1.54, 1.807) is 35.0 Å². The Morgan fingerprint density at radius 1 is 0.781 bits per heavy atom. The lowest BCUT2D eigenvalue weighted by molar-refractivity contribution is -0.116. The maximum absolute atomic E-state index is 12.8. The Hall–Kier alpha value is -4.52. The van der Waals surface area contributed by atoms with Gasteiger partial charge in [0.05, 0.1) is 22.5 Å². The monoisotopic (exact) mass is 422 g/mol. The molecule has 0 bridgehead atoms. The standard InChI is InChI=1S/C25H18N4O3/c30-23(16-28-24(31)19-13-7-8-14-20(19)25(28)32)26-22-15-21(17-9-3-1-4-10-17)27-29(22)18-11-5-2-6-12-18/h1-15H,16H2,(H,26,30). The third-order valence-corrected chi connectivity index (χ3v) is 5.23. The van der Waals surface area contributed by atoms with Gasteiger partial charge in [-0.2, -0.15) is 5.10 Å². The summed E-state index contributed by atoms with van der Waals surface area (Å²) in [5.74, 6) is -0.988. The van der Waals surface area contributed by atoms with Crippen LogP contribution in [0.3, 0.4) is 0 Å². The van der Waals surface area contributed by atoms with Crippen molar-refractivity contribution in [3.63, 3.8) is 0 Å². The van der Waals surface area contributed by atoms with Crippen LogP contribution in [0, 0.1) is 0 Å². The molecule has 3 amide bonds. The number of carbonyl (C=O) groups excluding carboxylic acids is 3. The molecule has 0 fully saturated rings. The minimum absolute atomic E-state index is 0.311. The fourth-order valence-corrected chi connectivity index (χ4v) is 3.69. The van der Waals surface area contributed by atoms with Crippen LogP contribution in [0.15, 0.2) is 91.0 Å². The number of benzene rings is 3. The smallest absolute Gasteiger partial charge is 0.262 e. The Morgan fingerprint density at radius 2 is 1.34 bits per heavy atom. The molecule has 1 aliphatic rings. The highest BCUT2D eigenvalue weighted by Gasteiger charge is 2.36. The van der Waals surface area contributed by atoms with Gasteiger partial charge in [-0.05, 0) is 24.3 Å². The van der Waals surface area contributed by atoms with Gasteiger partial charge in [0, 0.05) is 11.6 Å². The molecule has 2 heterocycles. The van der Waals surface area contributed by atoms with Gasteiger partial charge in [0.15, 0.2) is 0 Å². The van der Waals surface area contributed by atoms with Crippen molar-refractivity contribution in [2.24, 2.45) is 0 Å². The Balaban J connectivity index is 1.42. The molecule has 7 nitrogen and oxygen atoms in total. The minimum atomic E-state index is -0.490. The molecule has 7 heteroatoms. The number of nitrogens with zero attached hydrogens (tertiary/aromatic N) is 3. The third kappa shape index (κ3) is 3.45. The van der Waals surface area contributed by atoms with Crippen molar-refractivity contribution in [1.29, 1.82) is 0 Å². The van der Waals surface area contributed by atoms with E-state index in [0.717, 1.165) is 16.2 Å². The SMILES string of the molecule is O=C(CN1C(=O)c2ccccc2C1=O)Nc1cc(-c2ccccc2)nn1-c1ccccc1. The first-order valence-electron chi connectivity index (χ1n) is 10.1. The molecule has 3 aromatic carbocycles. The molecule has 0 saturated carbocycles. The van der Waals surface area contributed by atoms with Crippen LogP contribution in [0.25, 0.3) is 16.9 Å². The average Bonchev–Trinajstić information content (AvgIpc) is 3.35. The Kier molecular flexibility index (Phi) is 4.84. The van der Waals surface area contributed by atoms with Gasteiger partial charge in [-0.15, -0.1) is 0 Å². The highest BCUT2D eigenvalue weighted by molar-refractivity contribution is 6.22. The number of amides is 3. The minimum Gasteiger partial charge on any atom is -0.309 e. The van der Waals surface area contributed by atoms with Gasteiger partial charge >= 0.3 is 0 Å². The molecule has 1 aliphatic heterocycles. The summed E-state index contributed by atoms with van der Waals surface area (Å²) in [5.41, 5.74) is 2.98. The number of anilines is 1. The summed E-state index contributed by atoms with van der Waals surface area (Å²) >= 11 is 0. The second-order valence-corrected chi connectivity index (χ2v) is 7.32. The van der Waals surface area contributed by atoms with Gasteiger partial charge in [0.25, 0.3) is 11.8 Å². The summed E-state index contributed by atoms with van der Waals surface area (Å²) in [4.78, 5) is 39.0. The quantitative estimate of drug-likeness (QED) is 0.496. The Bertz CT molecular complexity index is 1290. The number of hydrogen-bond acceptors (Lipinski definition) is 4. The first-order valence-corrected chi connectivity index (χ1v) is 10.1. The van der Waals surface area contributed by atoms with Crippen molar-refractivity contribution in [3.05, 3.63) is 102 Å². The zero-order chi connectivity index (χ0) is 22.1. The molecular formula is C25H18N4O3. The van der Waals surface area contributed by atoms with Crippen LogP contribution in [0.4, 0.5) is 5.82 Å². The lowest BCUT2D eigenvalue weighted by Crippen LogP contribution is -2.37.